The van der Waals surface area contributed by atoms with E-state index in [1.807, 2.05) is 12.1 Å². The van der Waals surface area contributed by atoms with Crippen molar-refractivity contribution >= 4 is 46.2 Å². The van der Waals surface area contributed by atoms with Crippen molar-refractivity contribution in [1.29, 1.82) is 0 Å². The first-order valence-corrected chi connectivity index (χ1v) is 9.53. The molecule has 10 heteroatoms. The minimum absolute atomic E-state index is 0.151. The highest BCUT2D eigenvalue weighted by Crippen LogP contribution is 2.32. The molecule has 0 aliphatic rings. The van der Waals surface area contributed by atoms with Gasteiger partial charge >= 0.3 is 0 Å². The number of nitrogens with zero attached hydrogens (tertiary/aromatic N) is 4. The second kappa shape index (κ2) is 8.06. The van der Waals surface area contributed by atoms with Gasteiger partial charge in [-0.15, -0.1) is 0 Å². The molecule has 146 valence electrons. The molecular weight excluding hydrogens is 415 g/mol. The summed E-state index contributed by atoms with van der Waals surface area (Å²) in [5.74, 6) is 0.176. The minimum atomic E-state index is -0.393. The molecule has 0 aliphatic carbocycles. The van der Waals surface area contributed by atoms with Crippen LogP contribution in [0.5, 0.6) is 5.88 Å². The molecular formula is C19H14ClFN6OS. The van der Waals surface area contributed by atoms with Crippen LogP contribution in [0.15, 0.2) is 53.8 Å². The molecule has 0 amide bonds. The van der Waals surface area contributed by atoms with Gasteiger partial charge in [-0.25, -0.2) is 19.3 Å². The van der Waals surface area contributed by atoms with Gasteiger partial charge in [-0.05, 0) is 47.8 Å². The van der Waals surface area contributed by atoms with Crippen molar-refractivity contribution < 1.29 is 9.13 Å². The highest BCUT2D eigenvalue weighted by molar-refractivity contribution is 8.00. The van der Waals surface area contributed by atoms with Crippen LogP contribution in [0.2, 0.25) is 5.02 Å². The van der Waals surface area contributed by atoms with Crippen LogP contribution in [0.1, 0.15) is 0 Å². The summed E-state index contributed by atoms with van der Waals surface area (Å²) in [6.45, 7) is 0. The average molecular weight is 429 g/mol. The van der Waals surface area contributed by atoms with Crippen LogP contribution in [-0.2, 0) is 0 Å². The second-order valence-corrected chi connectivity index (χ2v) is 7.24. The third-order valence-corrected chi connectivity index (χ3v) is 5.00. The van der Waals surface area contributed by atoms with E-state index in [4.69, 9.17) is 22.1 Å². The zero-order valence-electron chi connectivity index (χ0n) is 15.1. The molecule has 0 aliphatic heterocycles. The Balaban J connectivity index is 1.63. The van der Waals surface area contributed by atoms with Crippen LogP contribution in [0.25, 0.3) is 22.2 Å². The van der Waals surface area contributed by atoms with E-state index in [9.17, 15) is 4.39 Å². The highest BCUT2D eigenvalue weighted by atomic mass is 35.5. The van der Waals surface area contributed by atoms with Crippen LogP contribution in [-0.4, -0.2) is 27.0 Å². The molecule has 0 bridgehead atoms. The second-order valence-electron chi connectivity index (χ2n) is 5.96. The number of hydrogen-bond acceptors (Lipinski definition) is 8. The number of nitrogens with one attached hydrogen (secondary N) is 1. The van der Waals surface area contributed by atoms with Gasteiger partial charge in [-0.3, -0.25) is 0 Å². The van der Waals surface area contributed by atoms with Crippen molar-refractivity contribution in [3.05, 3.63) is 59.8 Å². The van der Waals surface area contributed by atoms with Crippen molar-refractivity contribution in [2.75, 3.05) is 17.6 Å². The maximum Gasteiger partial charge on any atom is 0.228 e. The molecule has 0 saturated carbocycles. The lowest BCUT2D eigenvalue weighted by molar-refractivity contribution is 0.387. The number of halogens is 2. The van der Waals surface area contributed by atoms with Gasteiger partial charge in [0, 0.05) is 35.2 Å². The molecule has 4 rings (SSSR count). The van der Waals surface area contributed by atoms with Gasteiger partial charge in [-0.2, -0.15) is 4.98 Å². The van der Waals surface area contributed by atoms with E-state index in [1.54, 1.807) is 18.5 Å². The van der Waals surface area contributed by atoms with Crippen molar-refractivity contribution in [3.8, 4) is 17.0 Å². The lowest BCUT2D eigenvalue weighted by Gasteiger charge is -2.11. The fourth-order valence-electron chi connectivity index (χ4n) is 2.66. The molecule has 3 heterocycles. The summed E-state index contributed by atoms with van der Waals surface area (Å²) >= 11 is 7.22. The van der Waals surface area contributed by atoms with E-state index in [-0.39, 0.29) is 5.95 Å². The van der Waals surface area contributed by atoms with Gasteiger partial charge in [-0.1, -0.05) is 11.6 Å². The van der Waals surface area contributed by atoms with Crippen LogP contribution < -0.4 is 15.2 Å². The molecule has 29 heavy (non-hydrogen) atoms. The molecule has 0 unspecified atom stereocenters. The third-order valence-electron chi connectivity index (χ3n) is 3.94. The summed E-state index contributed by atoms with van der Waals surface area (Å²) in [5, 5.41) is 1.18. The number of hydrogen-bond donors (Lipinski definition) is 2. The molecule has 0 saturated heterocycles. The number of pyridine rings is 2. The normalized spacial score (nSPS) is 10.9. The predicted octanol–water partition coefficient (Wildman–Crippen LogP) is 4.59. The van der Waals surface area contributed by atoms with Gasteiger partial charge < -0.3 is 15.2 Å². The van der Waals surface area contributed by atoms with Crippen molar-refractivity contribution in [3.63, 3.8) is 0 Å². The maximum absolute atomic E-state index is 14.2. The van der Waals surface area contributed by atoms with Gasteiger partial charge in [0.15, 0.2) is 5.65 Å². The van der Waals surface area contributed by atoms with Crippen LogP contribution >= 0.6 is 23.5 Å². The van der Waals surface area contributed by atoms with E-state index in [0.29, 0.717) is 38.1 Å². The lowest BCUT2D eigenvalue weighted by Crippen LogP contribution is -1.96. The SMILES string of the molecule is COc1ncc(Cl)cc1SNc1cc(F)cc(-c2cnc3nc(N)ncc3c2)c1. The van der Waals surface area contributed by atoms with Crippen molar-refractivity contribution in [1.82, 2.24) is 19.9 Å². The van der Waals surface area contributed by atoms with E-state index in [2.05, 4.69) is 24.7 Å². The van der Waals surface area contributed by atoms with Gasteiger partial charge in [0.2, 0.25) is 11.8 Å². The first-order chi connectivity index (χ1) is 14.0. The summed E-state index contributed by atoms with van der Waals surface area (Å²) in [5.41, 5.74) is 7.99. The summed E-state index contributed by atoms with van der Waals surface area (Å²) in [4.78, 5) is 17.1. The van der Waals surface area contributed by atoms with E-state index < -0.39 is 5.82 Å². The van der Waals surface area contributed by atoms with E-state index in [0.717, 1.165) is 5.56 Å². The number of ether oxygens (including phenoxy) is 1. The largest absolute Gasteiger partial charge is 0.480 e. The van der Waals surface area contributed by atoms with Crippen molar-refractivity contribution in [2.24, 2.45) is 0 Å². The molecule has 1 aromatic carbocycles. The average Bonchev–Trinajstić information content (AvgIpc) is 2.71. The van der Waals surface area contributed by atoms with Gasteiger partial charge in [0.05, 0.1) is 17.0 Å². The Morgan fingerprint density at radius 2 is 1.90 bits per heavy atom. The number of benzene rings is 1. The Labute approximate surface area is 174 Å². The molecule has 0 fully saturated rings. The fraction of sp³-hybridized carbons (Fsp3) is 0.0526. The molecule has 3 N–H and O–H groups in total. The summed E-state index contributed by atoms with van der Waals surface area (Å²) < 4.78 is 22.6. The standard InChI is InChI=1S/C19H14ClFN6OS/c1-28-18-16(5-13(20)9-24-18)29-27-15-4-10(3-14(21)6-15)11-2-12-8-25-19(22)26-17(12)23-7-11/h2-9,27H,1H3,(H2,22,23,25,26). The smallest absolute Gasteiger partial charge is 0.228 e. The number of anilines is 2. The number of nitrogen functional groups attached to an aromatic ring is 1. The summed E-state index contributed by atoms with van der Waals surface area (Å²) in [6, 6.07) is 8.17. The Kier molecular flexibility index (Phi) is 5.32. The van der Waals surface area contributed by atoms with Gasteiger partial charge in [0.25, 0.3) is 0 Å². The summed E-state index contributed by atoms with van der Waals surface area (Å²) in [7, 11) is 1.52. The molecule has 0 spiro atoms. The molecule has 0 radical (unpaired) electrons. The minimum Gasteiger partial charge on any atom is -0.480 e. The molecule has 3 aromatic heterocycles. The first kappa shape index (κ1) is 19.2. The fourth-order valence-corrected chi connectivity index (χ4v) is 3.64. The lowest BCUT2D eigenvalue weighted by atomic mass is 10.1. The van der Waals surface area contributed by atoms with E-state index >= 15 is 0 Å². The monoisotopic (exact) mass is 428 g/mol. The quantitative estimate of drug-likeness (QED) is 0.445. The number of nitrogens with two attached hydrogens (primary N) is 1. The van der Waals surface area contributed by atoms with Crippen LogP contribution in [0.3, 0.4) is 0 Å². The molecule has 0 atom stereocenters. The maximum atomic E-state index is 14.2. The van der Waals surface area contributed by atoms with Crippen molar-refractivity contribution in [2.45, 2.75) is 4.90 Å². The zero-order valence-corrected chi connectivity index (χ0v) is 16.6. The third kappa shape index (κ3) is 4.30. The number of fused-ring (bicyclic) bond motifs is 1. The Morgan fingerprint density at radius 1 is 1.03 bits per heavy atom. The van der Waals surface area contributed by atoms with Crippen LogP contribution in [0, 0.1) is 5.82 Å². The Morgan fingerprint density at radius 3 is 2.72 bits per heavy atom. The van der Waals surface area contributed by atoms with Gasteiger partial charge in [0.1, 0.15) is 5.82 Å². The highest BCUT2D eigenvalue weighted by Gasteiger charge is 2.10. The Bertz CT molecular complexity index is 1210. The van der Waals surface area contributed by atoms with Crippen LogP contribution in [0.4, 0.5) is 16.0 Å². The topological polar surface area (TPSA) is 98.8 Å². The molecule has 7 nitrogen and oxygen atoms in total. The first-order valence-electron chi connectivity index (χ1n) is 8.33. The number of methoxy groups -OCH3 is 1. The van der Waals surface area contributed by atoms with E-state index in [1.165, 1.54) is 37.4 Å². The molecule has 4 aromatic rings. The number of rotatable bonds is 5. The number of aromatic nitrogens is 4. The Hall–Kier alpha value is -3.17. The summed E-state index contributed by atoms with van der Waals surface area (Å²) in [6.07, 6.45) is 4.69. The zero-order chi connectivity index (χ0) is 20.4. The predicted molar refractivity (Wildman–Crippen MR) is 112 cm³/mol.